The van der Waals surface area contributed by atoms with Crippen LogP contribution in [0.3, 0.4) is 0 Å². The molecular weight excluding hydrogens is 477 g/mol. The highest BCUT2D eigenvalue weighted by molar-refractivity contribution is 6.42. The first-order valence-electron chi connectivity index (χ1n) is 10.9. The highest BCUT2D eigenvalue weighted by Crippen LogP contribution is 2.30. The maximum atomic E-state index is 13.4. The van der Waals surface area contributed by atoms with Crippen LogP contribution in [-0.2, 0) is 20.2 Å². The molecule has 1 fully saturated rings. The van der Waals surface area contributed by atoms with Gasteiger partial charge in [-0.3, -0.25) is 9.69 Å². The van der Waals surface area contributed by atoms with Crippen molar-refractivity contribution in [3.05, 3.63) is 87.2 Å². The highest BCUT2D eigenvalue weighted by Gasteiger charge is 2.30. The summed E-state index contributed by atoms with van der Waals surface area (Å²) in [6, 6.07) is 15.2. The van der Waals surface area contributed by atoms with E-state index in [1.165, 1.54) is 16.3 Å². The van der Waals surface area contributed by atoms with Crippen LogP contribution in [0.25, 0.3) is 0 Å². The summed E-state index contributed by atoms with van der Waals surface area (Å²) >= 11 is 12.0. The zero-order chi connectivity index (χ0) is 24.2. The molecule has 1 N–H and O–H groups in total. The van der Waals surface area contributed by atoms with Crippen molar-refractivity contribution in [1.29, 1.82) is 0 Å². The quantitative estimate of drug-likeness (QED) is 0.513. The lowest BCUT2D eigenvalue weighted by atomic mass is 10.2. The first-order chi connectivity index (χ1) is 16.3. The molecule has 178 valence electrons. The Balaban J connectivity index is 1.48. The molecule has 0 aliphatic carbocycles. The van der Waals surface area contributed by atoms with E-state index in [4.69, 9.17) is 27.9 Å². The first kappa shape index (κ1) is 24.1. The second-order valence-electron chi connectivity index (χ2n) is 8.23. The van der Waals surface area contributed by atoms with Crippen molar-refractivity contribution in [3.63, 3.8) is 0 Å². The molecule has 2 aromatic carbocycles. The Labute approximate surface area is 208 Å². The summed E-state index contributed by atoms with van der Waals surface area (Å²) in [6.45, 7) is 3.43. The smallest absolute Gasteiger partial charge is 0.341 e. The summed E-state index contributed by atoms with van der Waals surface area (Å²) in [4.78, 5) is 29.3. The molecule has 0 saturated carbocycles. The van der Waals surface area contributed by atoms with Gasteiger partial charge in [-0.2, -0.15) is 0 Å². The molecule has 34 heavy (non-hydrogen) atoms. The fourth-order valence-corrected chi connectivity index (χ4v) is 4.36. The largest absolute Gasteiger partial charge is 0.486 e. The number of aromatic carboxylic acids is 1. The molecule has 1 aliphatic rings. The van der Waals surface area contributed by atoms with E-state index in [-0.39, 0.29) is 29.5 Å². The van der Waals surface area contributed by atoms with Crippen LogP contribution in [0.2, 0.25) is 10.0 Å². The van der Waals surface area contributed by atoms with Gasteiger partial charge in [-0.25, -0.2) is 4.79 Å². The molecule has 1 aromatic heterocycles. The van der Waals surface area contributed by atoms with Crippen molar-refractivity contribution in [1.82, 2.24) is 14.4 Å². The Morgan fingerprint density at radius 3 is 2.32 bits per heavy atom. The molecule has 0 atom stereocenters. The van der Waals surface area contributed by atoms with Crippen LogP contribution in [0.15, 0.2) is 54.7 Å². The van der Waals surface area contributed by atoms with Gasteiger partial charge in [0.05, 0.1) is 10.0 Å². The van der Waals surface area contributed by atoms with Crippen molar-refractivity contribution in [2.45, 2.75) is 13.2 Å². The molecule has 0 bridgehead atoms. The zero-order valence-electron chi connectivity index (χ0n) is 18.7. The number of carboxylic acids is 1. The van der Waals surface area contributed by atoms with Gasteiger partial charge >= 0.3 is 5.97 Å². The molecule has 0 radical (unpaired) electrons. The van der Waals surface area contributed by atoms with Crippen molar-refractivity contribution in [3.8, 4) is 5.75 Å². The Bertz CT molecular complexity index is 1190. The van der Waals surface area contributed by atoms with Crippen LogP contribution in [0.4, 0.5) is 0 Å². The van der Waals surface area contributed by atoms with Crippen molar-refractivity contribution in [2.24, 2.45) is 7.05 Å². The van der Waals surface area contributed by atoms with Gasteiger partial charge in [-0.05, 0) is 23.3 Å². The van der Waals surface area contributed by atoms with Crippen LogP contribution in [0, 0.1) is 0 Å². The Morgan fingerprint density at radius 1 is 0.971 bits per heavy atom. The zero-order valence-corrected chi connectivity index (χ0v) is 20.2. The number of aryl methyl sites for hydroxylation is 1. The highest BCUT2D eigenvalue weighted by atomic mass is 35.5. The van der Waals surface area contributed by atoms with Gasteiger partial charge < -0.3 is 19.3 Å². The topological polar surface area (TPSA) is 75.0 Å². The normalized spacial score (nSPS) is 14.3. The molecule has 0 spiro atoms. The van der Waals surface area contributed by atoms with Crippen molar-refractivity contribution >= 4 is 35.1 Å². The number of carbonyl (C=O) groups excluding carboxylic acids is 1. The minimum absolute atomic E-state index is 0.0479. The molecule has 7 nitrogen and oxygen atoms in total. The second-order valence-corrected chi connectivity index (χ2v) is 9.04. The van der Waals surface area contributed by atoms with E-state index in [1.54, 1.807) is 30.1 Å². The molecule has 3 aromatic rings. The fraction of sp³-hybridized carbons (Fsp3) is 0.280. The maximum Gasteiger partial charge on any atom is 0.341 e. The average molecular weight is 502 g/mol. The lowest BCUT2D eigenvalue weighted by Crippen LogP contribution is -2.48. The number of hydrogen-bond donors (Lipinski definition) is 1. The summed E-state index contributed by atoms with van der Waals surface area (Å²) in [5, 5.41) is 10.5. The number of hydrogen-bond acceptors (Lipinski definition) is 4. The van der Waals surface area contributed by atoms with Crippen LogP contribution in [0.1, 0.15) is 32.0 Å². The van der Waals surface area contributed by atoms with Gasteiger partial charge in [0.2, 0.25) is 0 Å². The van der Waals surface area contributed by atoms with Gasteiger partial charge in [-0.1, -0.05) is 59.6 Å². The number of nitrogens with zero attached hydrogens (tertiary/aromatic N) is 3. The Hall–Kier alpha value is -3.00. The van der Waals surface area contributed by atoms with Gasteiger partial charge in [0, 0.05) is 46.0 Å². The maximum absolute atomic E-state index is 13.4. The van der Waals surface area contributed by atoms with Gasteiger partial charge in [0.15, 0.2) is 11.4 Å². The summed E-state index contributed by atoms with van der Waals surface area (Å²) < 4.78 is 7.40. The molecule has 1 saturated heterocycles. The monoisotopic (exact) mass is 501 g/mol. The predicted octanol–water partition coefficient (Wildman–Crippen LogP) is 4.57. The minimum Gasteiger partial charge on any atom is -0.486 e. The number of carbonyl (C=O) groups is 2. The molecule has 1 aliphatic heterocycles. The van der Waals surface area contributed by atoms with E-state index in [0.29, 0.717) is 28.7 Å². The molecule has 0 unspecified atom stereocenters. The lowest BCUT2D eigenvalue weighted by molar-refractivity contribution is 0.0614. The fourth-order valence-electron chi connectivity index (χ4n) is 4.04. The number of benzene rings is 2. The third kappa shape index (κ3) is 5.38. The third-order valence-electron chi connectivity index (χ3n) is 5.84. The number of halogens is 2. The van der Waals surface area contributed by atoms with Crippen molar-refractivity contribution < 1.29 is 19.4 Å². The van der Waals surface area contributed by atoms with Gasteiger partial charge in [0.25, 0.3) is 5.91 Å². The van der Waals surface area contributed by atoms with E-state index >= 15 is 0 Å². The van der Waals surface area contributed by atoms with Crippen LogP contribution < -0.4 is 4.74 Å². The molecular formula is C25H25Cl2N3O4. The third-order valence-corrected chi connectivity index (χ3v) is 6.58. The number of rotatable bonds is 7. The van der Waals surface area contributed by atoms with E-state index < -0.39 is 5.97 Å². The molecule has 2 heterocycles. The number of piperazine rings is 1. The van der Waals surface area contributed by atoms with E-state index in [1.807, 2.05) is 18.2 Å². The number of amides is 1. The van der Waals surface area contributed by atoms with E-state index in [9.17, 15) is 14.7 Å². The molecule has 9 heteroatoms. The second kappa shape index (κ2) is 10.5. The summed E-state index contributed by atoms with van der Waals surface area (Å²) in [6.07, 6.45) is 1.41. The summed E-state index contributed by atoms with van der Waals surface area (Å²) in [5.74, 6) is -1.36. The molecule has 4 rings (SSSR count). The lowest BCUT2D eigenvalue weighted by Gasteiger charge is -2.35. The number of ether oxygens (including phenoxy) is 1. The standard InChI is InChI=1S/C25H25Cl2N3O4/c1-28-15-19(25(32)33)23(34-16-18-7-8-20(26)21(27)13-18)22(28)24(31)30-11-9-29(10-12-30)14-17-5-3-2-4-6-17/h2-8,13,15H,9-12,14,16H2,1H3,(H,32,33). The van der Waals surface area contributed by atoms with Gasteiger partial charge in [0.1, 0.15) is 12.2 Å². The van der Waals surface area contributed by atoms with Crippen molar-refractivity contribution in [2.75, 3.05) is 26.2 Å². The summed E-state index contributed by atoms with van der Waals surface area (Å²) in [5.41, 5.74) is 2.10. The minimum atomic E-state index is -1.16. The van der Waals surface area contributed by atoms with Crippen LogP contribution >= 0.6 is 23.2 Å². The summed E-state index contributed by atoms with van der Waals surface area (Å²) in [7, 11) is 1.65. The molecule has 1 amide bonds. The SMILES string of the molecule is Cn1cc(C(=O)O)c(OCc2ccc(Cl)c(Cl)c2)c1C(=O)N1CCN(Cc2ccccc2)CC1. The average Bonchev–Trinajstić information content (AvgIpc) is 3.17. The van der Waals surface area contributed by atoms with Crippen LogP contribution in [-0.4, -0.2) is 57.5 Å². The number of carboxylic acid groups (broad SMARTS) is 1. The van der Waals surface area contributed by atoms with Crippen LogP contribution in [0.5, 0.6) is 5.75 Å². The first-order valence-corrected chi connectivity index (χ1v) is 11.6. The Kier molecular flexibility index (Phi) is 7.46. The predicted molar refractivity (Wildman–Crippen MR) is 131 cm³/mol. The van der Waals surface area contributed by atoms with E-state index in [2.05, 4.69) is 17.0 Å². The number of aromatic nitrogens is 1. The van der Waals surface area contributed by atoms with E-state index in [0.717, 1.165) is 19.6 Å². The van der Waals surface area contributed by atoms with Gasteiger partial charge in [-0.15, -0.1) is 0 Å². The Morgan fingerprint density at radius 2 is 1.68 bits per heavy atom.